The van der Waals surface area contributed by atoms with Gasteiger partial charge in [-0.25, -0.2) is 0 Å². The molecule has 0 unspecified atom stereocenters. The molecule has 2 aromatic rings. The highest BCUT2D eigenvalue weighted by Crippen LogP contribution is 2.12. The first-order valence-corrected chi connectivity index (χ1v) is 10.1. The molecule has 0 aliphatic carbocycles. The van der Waals surface area contributed by atoms with Gasteiger partial charge >= 0.3 is 0 Å². The maximum atomic E-state index is 12.6. The summed E-state index contributed by atoms with van der Waals surface area (Å²) in [7, 11) is 0. The van der Waals surface area contributed by atoms with Crippen LogP contribution in [0.4, 0.5) is 0 Å². The van der Waals surface area contributed by atoms with E-state index in [4.69, 9.17) is 0 Å². The van der Waals surface area contributed by atoms with Gasteiger partial charge in [-0.2, -0.15) is 5.10 Å². The first-order chi connectivity index (χ1) is 13.3. The molecule has 0 saturated carbocycles. The number of hydrogen-bond acceptors (Lipinski definition) is 4. The number of rotatable bonds is 6. The first-order valence-electron chi connectivity index (χ1n) is 10.1. The minimum Gasteiger partial charge on any atom is -0.340 e. The molecule has 1 amide bonds. The van der Waals surface area contributed by atoms with Gasteiger partial charge in [-0.1, -0.05) is 30.3 Å². The minimum absolute atomic E-state index is 0. The Morgan fingerprint density at radius 3 is 2.48 bits per heavy atom. The van der Waals surface area contributed by atoms with E-state index in [1.165, 1.54) is 11.3 Å². The second-order valence-electron chi connectivity index (χ2n) is 7.48. The van der Waals surface area contributed by atoms with Crippen LogP contribution in [0.1, 0.15) is 23.4 Å². The van der Waals surface area contributed by atoms with Crippen LogP contribution in [-0.2, 0) is 30.7 Å². The van der Waals surface area contributed by atoms with Crippen LogP contribution < -0.4 is 5.32 Å². The highest BCUT2D eigenvalue weighted by Gasteiger charge is 2.21. The van der Waals surface area contributed by atoms with Gasteiger partial charge in [-0.15, -0.1) is 24.8 Å². The number of piperazine rings is 1. The summed E-state index contributed by atoms with van der Waals surface area (Å²) in [5.41, 5.74) is 3.66. The summed E-state index contributed by atoms with van der Waals surface area (Å²) in [6.07, 6.45) is 2.38. The molecule has 8 heteroatoms. The molecular formula is C21H31Cl2N5O. The lowest BCUT2D eigenvalue weighted by atomic mass is 10.1. The molecule has 4 rings (SSSR count). The molecular weight excluding hydrogens is 409 g/mol. The van der Waals surface area contributed by atoms with Crippen LogP contribution in [0.3, 0.4) is 0 Å². The zero-order chi connectivity index (χ0) is 18.5. The van der Waals surface area contributed by atoms with Gasteiger partial charge in [0.1, 0.15) is 0 Å². The van der Waals surface area contributed by atoms with Crippen LogP contribution >= 0.6 is 24.8 Å². The predicted molar refractivity (Wildman–Crippen MR) is 120 cm³/mol. The molecule has 0 bridgehead atoms. The van der Waals surface area contributed by atoms with E-state index in [-0.39, 0.29) is 30.7 Å². The molecule has 2 aliphatic rings. The molecule has 29 heavy (non-hydrogen) atoms. The Balaban J connectivity index is 0.00000150. The smallest absolute Gasteiger partial charge is 0.223 e. The Kier molecular flexibility index (Phi) is 9.43. The van der Waals surface area contributed by atoms with Crippen molar-refractivity contribution in [1.29, 1.82) is 0 Å². The molecule has 0 radical (unpaired) electrons. The van der Waals surface area contributed by atoms with Crippen molar-refractivity contribution in [3.8, 4) is 0 Å². The molecule has 1 aromatic heterocycles. The third-order valence-electron chi connectivity index (χ3n) is 5.60. The monoisotopic (exact) mass is 439 g/mol. The predicted octanol–water partition coefficient (Wildman–Crippen LogP) is 2.15. The van der Waals surface area contributed by atoms with Gasteiger partial charge in [0.05, 0.1) is 17.9 Å². The number of fused-ring (bicyclic) bond motifs is 1. The number of benzene rings is 1. The van der Waals surface area contributed by atoms with Crippen molar-refractivity contribution in [2.45, 2.75) is 32.4 Å². The van der Waals surface area contributed by atoms with Crippen molar-refractivity contribution in [3.05, 3.63) is 53.3 Å². The van der Waals surface area contributed by atoms with Crippen molar-refractivity contribution in [2.75, 3.05) is 39.3 Å². The quantitative estimate of drug-likeness (QED) is 0.748. The topological polar surface area (TPSA) is 53.4 Å². The number of aryl methyl sites for hydroxylation is 1. The normalized spacial score (nSPS) is 16.5. The average molecular weight is 440 g/mol. The third kappa shape index (κ3) is 6.44. The number of hydrogen-bond donors (Lipinski definition) is 1. The lowest BCUT2D eigenvalue weighted by Crippen LogP contribution is -2.49. The van der Waals surface area contributed by atoms with Gasteiger partial charge in [0.25, 0.3) is 0 Å². The van der Waals surface area contributed by atoms with E-state index in [0.717, 1.165) is 70.9 Å². The second kappa shape index (κ2) is 11.6. The van der Waals surface area contributed by atoms with E-state index >= 15 is 0 Å². The molecule has 1 N–H and O–H groups in total. The highest BCUT2D eigenvalue weighted by atomic mass is 35.5. The molecule has 2 aliphatic heterocycles. The molecule has 1 fully saturated rings. The fourth-order valence-electron chi connectivity index (χ4n) is 3.92. The zero-order valence-corrected chi connectivity index (χ0v) is 18.4. The van der Waals surface area contributed by atoms with Crippen LogP contribution in [0, 0.1) is 0 Å². The van der Waals surface area contributed by atoms with E-state index < -0.39 is 0 Å². The van der Waals surface area contributed by atoms with Crippen LogP contribution in [0.15, 0.2) is 36.4 Å². The maximum absolute atomic E-state index is 12.6. The lowest BCUT2D eigenvalue weighted by Gasteiger charge is -2.34. The molecule has 3 heterocycles. The summed E-state index contributed by atoms with van der Waals surface area (Å²) in [5, 5.41) is 7.99. The number of nitrogens with zero attached hydrogens (tertiary/aromatic N) is 4. The summed E-state index contributed by atoms with van der Waals surface area (Å²) >= 11 is 0. The maximum Gasteiger partial charge on any atom is 0.223 e. The van der Waals surface area contributed by atoms with E-state index in [1.54, 1.807) is 0 Å². The summed E-state index contributed by atoms with van der Waals surface area (Å²) in [4.78, 5) is 17.1. The SMILES string of the molecule is Cl.Cl.O=C(CCc1cc2n(n1)CCNC2)N1CCN(CCc2ccccc2)CC1. The van der Waals surface area contributed by atoms with Crippen molar-refractivity contribution < 1.29 is 4.79 Å². The number of aromatic nitrogens is 2. The standard InChI is InChI=1S/C21H29N5O.2ClH/c27-21(7-6-19-16-20-17-22-9-11-26(20)23-19)25-14-12-24(13-15-25)10-8-18-4-2-1-3-5-18;;/h1-5,16,22H,6-15,17H2;2*1H. The number of halogens is 2. The molecule has 6 nitrogen and oxygen atoms in total. The first kappa shape index (κ1) is 23.7. The van der Waals surface area contributed by atoms with E-state index in [1.807, 2.05) is 4.90 Å². The third-order valence-corrected chi connectivity index (χ3v) is 5.60. The molecule has 1 saturated heterocycles. The van der Waals surface area contributed by atoms with Gasteiger partial charge in [0, 0.05) is 58.7 Å². The van der Waals surface area contributed by atoms with Gasteiger partial charge < -0.3 is 10.2 Å². The van der Waals surface area contributed by atoms with Gasteiger partial charge in [-0.05, 0) is 18.1 Å². The molecule has 0 atom stereocenters. The van der Waals surface area contributed by atoms with Crippen molar-refractivity contribution in [1.82, 2.24) is 24.9 Å². The fourth-order valence-corrected chi connectivity index (χ4v) is 3.92. The Labute approximate surface area is 185 Å². The van der Waals surface area contributed by atoms with Crippen LogP contribution in [-0.4, -0.2) is 64.8 Å². The number of nitrogens with one attached hydrogen (secondary N) is 1. The second-order valence-corrected chi connectivity index (χ2v) is 7.48. The van der Waals surface area contributed by atoms with Crippen LogP contribution in [0.2, 0.25) is 0 Å². The molecule has 0 spiro atoms. The van der Waals surface area contributed by atoms with E-state index in [2.05, 4.69) is 56.4 Å². The molecule has 1 aromatic carbocycles. The summed E-state index contributed by atoms with van der Waals surface area (Å²) in [6.45, 7) is 7.49. The molecule has 160 valence electrons. The minimum atomic E-state index is 0. The summed E-state index contributed by atoms with van der Waals surface area (Å²) in [5.74, 6) is 0.266. The Morgan fingerprint density at radius 1 is 1.00 bits per heavy atom. The zero-order valence-electron chi connectivity index (χ0n) is 16.8. The number of amides is 1. The van der Waals surface area contributed by atoms with E-state index in [0.29, 0.717) is 6.42 Å². The Hall–Kier alpha value is -1.60. The van der Waals surface area contributed by atoms with Crippen LogP contribution in [0.25, 0.3) is 0 Å². The van der Waals surface area contributed by atoms with Gasteiger partial charge in [0.15, 0.2) is 0 Å². The van der Waals surface area contributed by atoms with Crippen molar-refractivity contribution in [3.63, 3.8) is 0 Å². The van der Waals surface area contributed by atoms with Crippen molar-refractivity contribution >= 4 is 30.7 Å². The fraction of sp³-hybridized carbons (Fsp3) is 0.524. The van der Waals surface area contributed by atoms with Crippen LogP contribution in [0.5, 0.6) is 0 Å². The lowest BCUT2D eigenvalue weighted by molar-refractivity contribution is -0.132. The van der Waals surface area contributed by atoms with Crippen molar-refractivity contribution in [2.24, 2.45) is 0 Å². The van der Waals surface area contributed by atoms with E-state index in [9.17, 15) is 4.79 Å². The number of carbonyl (C=O) groups excluding carboxylic acids is 1. The Bertz CT molecular complexity index is 736. The number of carbonyl (C=O) groups is 1. The van der Waals surface area contributed by atoms with Gasteiger partial charge in [-0.3, -0.25) is 14.4 Å². The summed E-state index contributed by atoms with van der Waals surface area (Å²) < 4.78 is 2.07. The average Bonchev–Trinajstić information content (AvgIpc) is 3.15. The highest BCUT2D eigenvalue weighted by molar-refractivity contribution is 5.85. The van der Waals surface area contributed by atoms with Gasteiger partial charge in [0.2, 0.25) is 5.91 Å². The largest absolute Gasteiger partial charge is 0.340 e. The summed E-state index contributed by atoms with van der Waals surface area (Å²) in [6, 6.07) is 12.8. The Morgan fingerprint density at radius 2 is 1.76 bits per heavy atom.